The number of nitrogens with zero attached hydrogens (tertiary/aromatic N) is 2. The van der Waals surface area contributed by atoms with E-state index in [0.717, 1.165) is 15.6 Å². The Labute approximate surface area is 172 Å². The van der Waals surface area contributed by atoms with Crippen LogP contribution in [0.25, 0.3) is 0 Å². The molecule has 29 heavy (non-hydrogen) atoms. The van der Waals surface area contributed by atoms with Gasteiger partial charge < -0.3 is 14.2 Å². The lowest BCUT2D eigenvalue weighted by Crippen LogP contribution is -2.51. The van der Waals surface area contributed by atoms with E-state index in [2.05, 4.69) is 0 Å². The zero-order valence-corrected chi connectivity index (χ0v) is 18.3. The fraction of sp³-hybridized carbons (Fsp3) is 0.571. The predicted octanol–water partition coefficient (Wildman–Crippen LogP) is 3.99. The molecule has 0 saturated heterocycles. The summed E-state index contributed by atoms with van der Waals surface area (Å²) in [5, 5.41) is 2.16. The Morgan fingerprint density at radius 3 is 2.10 bits per heavy atom. The van der Waals surface area contributed by atoms with Gasteiger partial charge in [-0.3, -0.25) is 0 Å². The Morgan fingerprint density at radius 1 is 1.00 bits per heavy atom. The van der Waals surface area contributed by atoms with Gasteiger partial charge in [0.25, 0.3) is 0 Å². The summed E-state index contributed by atoms with van der Waals surface area (Å²) in [5.41, 5.74) is 0.110. The largest absolute Gasteiger partial charge is 0.458 e. The molecule has 162 valence electrons. The zero-order valence-electron chi connectivity index (χ0n) is 18.3. The number of hydrogen-bond donors (Lipinski definition) is 0. The summed E-state index contributed by atoms with van der Waals surface area (Å²) >= 11 is 0. The zero-order chi connectivity index (χ0) is 22.2. The standard InChI is InChI=1S/C21H32N2O6/c1-15(2)13-23(22(7)19(25)29-21(4,5)6)20(26)28-16(3)18(24)27-14-17-11-9-8-10-12-17/h8-12,15-16H,13-14H2,1-7H3/t16-/m1/s1. The van der Waals surface area contributed by atoms with Crippen LogP contribution in [0.2, 0.25) is 0 Å². The van der Waals surface area contributed by atoms with E-state index in [1.54, 1.807) is 20.8 Å². The van der Waals surface area contributed by atoms with E-state index < -0.39 is 29.9 Å². The molecule has 0 saturated carbocycles. The Kier molecular flexibility index (Phi) is 8.94. The van der Waals surface area contributed by atoms with E-state index in [-0.39, 0.29) is 19.1 Å². The molecule has 0 aliphatic heterocycles. The highest BCUT2D eigenvalue weighted by Crippen LogP contribution is 2.14. The van der Waals surface area contributed by atoms with Crippen LogP contribution in [0.3, 0.4) is 0 Å². The van der Waals surface area contributed by atoms with Crippen molar-refractivity contribution in [3.8, 4) is 0 Å². The minimum absolute atomic E-state index is 0.0489. The van der Waals surface area contributed by atoms with E-state index in [9.17, 15) is 14.4 Å². The van der Waals surface area contributed by atoms with Gasteiger partial charge in [-0.25, -0.2) is 24.4 Å². The van der Waals surface area contributed by atoms with Gasteiger partial charge in [0.15, 0.2) is 6.10 Å². The summed E-state index contributed by atoms with van der Waals surface area (Å²) in [4.78, 5) is 37.1. The summed E-state index contributed by atoms with van der Waals surface area (Å²) in [6.45, 7) is 10.7. The Hall–Kier alpha value is -2.77. The molecule has 8 heteroatoms. The summed E-state index contributed by atoms with van der Waals surface area (Å²) in [7, 11) is 1.41. The Morgan fingerprint density at radius 2 is 1.59 bits per heavy atom. The van der Waals surface area contributed by atoms with Gasteiger partial charge in [-0.1, -0.05) is 44.2 Å². The van der Waals surface area contributed by atoms with E-state index in [0.29, 0.717) is 0 Å². The average Bonchev–Trinajstić information content (AvgIpc) is 2.62. The maximum atomic E-state index is 12.6. The quantitative estimate of drug-likeness (QED) is 0.402. The normalized spacial score (nSPS) is 12.1. The van der Waals surface area contributed by atoms with Crippen LogP contribution in [0.4, 0.5) is 9.59 Å². The van der Waals surface area contributed by atoms with Gasteiger partial charge in [0.05, 0.1) is 0 Å². The molecule has 0 spiro atoms. The molecule has 0 bridgehead atoms. The number of carbonyl (C=O) groups is 3. The third-order valence-corrected chi connectivity index (χ3v) is 3.60. The summed E-state index contributed by atoms with van der Waals surface area (Å²) in [5.74, 6) is -0.626. The third kappa shape index (κ3) is 8.85. The number of hydrogen-bond acceptors (Lipinski definition) is 6. The van der Waals surface area contributed by atoms with E-state index in [4.69, 9.17) is 14.2 Å². The van der Waals surface area contributed by atoms with Crippen molar-refractivity contribution in [2.45, 2.75) is 59.9 Å². The first-order valence-electron chi connectivity index (χ1n) is 9.56. The summed E-state index contributed by atoms with van der Waals surface area (Å²) in [6, 6.07) is 9.18. The number of ether oxygens (including phenoxy) is 3. The molecule has 2 amide bonds. The molecule has 0 aliphatic rings. The highest BCUT2D eigenvalue weighted by atomic mass is 16.6. The van der Waals surface area contributed by atoms with Crippen molar-refractivity contribution < 1.29 is 28.6 Å². The van der Waals surface area contributed by atoms with Gasteiger partial charge in [-0.15, -0.1) is 0 Å². The molecule has 0 fully saturated rings. The van der Waals surface area contributed by atoms with Crippen LogP contribution < -0.4 is 0 Å². The second kappa shape index (κ2) is 10.7. The maximum Gasteiger partial charge on any atom is 0.429 e. The Balaban J connectivity index is 2.72. The van der Waals surface area contributed by atoms with Crippen molar-refractivity contribution in [1.29, 1.82) is 0 Å². The summed E-state index contributed by atoms with van der Waals surface area (Å²) < 4.78 is 15.7. The van der Waals surface area contributed by atoms with Crippen LogP contribution in [0.1, 0.15) is 47.1 Å². The van der Waals surface area contributed by atoms with Crippen molar-refractivity contribution in [3.05, 3.63) is 35.9 Å². The first-order chi connectivity index (χ1) is 13.4. The highest BCUT2D eigenvalue weighted by molar-refractivity contribution is 5.79. The smallest absolute Gasteiger partial charge is 0.429 e. The van der Waals surface area contributed by atoms with Gasteiger partial charge >= 0.3 is 18.2 Å². The molecule has 1 aromatic rings. The molecular weight excluding hydrogens is 376 g/mol. The van der Waals surface area contributed by atoms with Crippen molar-refractivity contribution in [3.63, 3.8) is 0 Å². The van der Waals surface area contributed by atoms with Gasteiger partial charge in [0.1, 0.15) is 12.2 Å². The van der Waals surface area contributed by atoms with Crippen LogP contribution in [0, 0.1) is 5.92 Å². The number of benzene rings is 1. The molecule has 0 unspecified atom stereocenters. The highest BCUT2D eigenvalue weighted by Gasteiger charge is 2.31. The second-order valence-electron chi connectivity index (χ2n) is 8.10. The van der Waals surface area contributed by atoms with Crippen molar-refractivity contribution in [2.24, 2.45) is 5.92 Å². The third-order valence-electron chi connectivity index (χ3n) is 3.60. The van der Waals surface area contributed by atoms with Crippen molar-refractivity contribution in [1.82, 2.24) is 10.0 Å². The number of carbonyl (C=O) groups excluding carboxylic acids is 3. The molecule has 8 nitrogen and oxygen atoms in total. The Bertz CT molecular complexity index is 684. The first-order valence-corrected chi connectivity index (χ1v) is 9.56. The molecule has 1 rings (SSSR count). The fourth-order valence-corrected chi connectivity index (χ4v) is 2.20. The number of rotatable bonds is 6. The average molecular weight is 408 g/mol. The van der Waals surface area contributed by atoms with Gasteiger partial charge in [0.2, 0.25) is 0 Å². The predicted molar refractivity (Wildman–Crippen MR) is 108 cm³/mol. The van der Waals surface area contributed by atoms with Crippen LogP contribution in [-0.2, 0) is 25.6 Å². The van der Waals surface area contributed by atoms with Crippen LogP contribution >= 0.6 is 0 Å². The minimum atomic E-state index is -1.13. The van der Waals surface area contributed by atoms with E-state index >= 15 is 0 Å². The van der Waals surface area contributed by atoms with Gasteiger partial charge in [0, 0.05) is 13.6 Å². The molecule has 0 radical (unpaired) electrons. The lowest BCUT2D eigenvalue weighted by molar-refractivity contribution is -0.155. The maximum absolute atomic E-state index is 12.6. The number of esters is 1. The lowest BCUT2D eigenvalue weighted by atomic mass is 10.2. The van der Waals surface area contributed by atoms with Crippen LogP contribution in [0.15, 0.2) is 30.3 Å². The first kappa shape index (κ1) is 24.3. The molecular formula is C21H32N2O6. The number of hydrazine groups is 1. The molecule has 0 aromatic heterocycles. The van der Waals surface area contributed by atoms with E-state index in [1.807, 2.05) is 44.2 Å². The molecule has 1 aromatic carbocycles. The lowest BCUT2D eigenvalue weighted by Gasteiger charge is -2.34. The minimum Gasteiger partial charge on any atom is -0.458 e. The second-order valence-corrected chi connectivity index (χ2v) is 8.10. The summed E-state index contributed by atoms with van der Waals surface area (Å²) in [6.07, 6.45) is -2.67. The van der Waals surface area contributed by atoms with Crippen molar-refractivity contribution in [2.75, 3.05) is 13.6 Å². The molecule has 0 heterocycles. The topological polar surface area (TPSA) is 85.4 Å². The molecule has 0 aliphatic carbocycles. The number of amides is 2. The molecule has 0 N–H and O–H groups in total. The van der Waals surface area contributed by atoms with Gasteiger partial charge in [-0.2, -0.15) is 0 Å². The van der Waals surface area contributed by atoms with Crippen LogP contribution in [0.5, 0.6) is 0 Å². The van der Waals surface area contributed by atoms with Gasteiger partial charge in [-0.05, 0) is 39.2 Å². The monoisotopic (exact) mass is 408 g/mol. The SMILES string of the molecule is CC(C)CN(C(=O)O[C@H](C)C(=O)OCc1ccccc1)N(C)C(=O)OC(C)(C)C. The van der Waals surface area contributed by atoms with Crippen molar-refractivity contribution >= 4 is 18.2 Å². The van der Waals surface area contributed by atoms with Crippen LogP contribution in [-0.4, -0.2) is 53.5 Å². The molecule has 1 atom stereocenters. The fourth-order valence-electron chi connectivity index (χ4n) is 2.20. The van der Waals surface area contributed by atoms with E-state index in [1.165, 1.54) is 14.0 Å².